The normalized spacial score (nSPS) is 16.8. The minimum absolute atomic E-state index is 0.00684. The lowest BCUT2D eigenvalue weighted by Gasteiger charge is -2.24. The molecule has 2 N–H and O–H groups in total. The fourth-order valence-corrected chi connectivity index (χ4v) is 3.46. The molecular weight excluding hydrogens is 348 g/mol. The number of carbonyl (C=O) groups is 2. The maximum absolute atomic E-state index is 12.8. The molecule has 5 heteroatoms. The first-order chi connectivity index (χ1) is 12.5. The number of halogens is 1. The van der Waals surface area contributed by atoms with Crippen LogP contribution in [0.2, 0.25) is 5.02 Å². The van der Waals surface area contributed by atoms with Crippen LogP contribution in [0.1, 0.15) is 47.8 Å². The standard InChI is InChI=1S/C21H23ClN2O2/c1-13(2)19(24-20(25)15-7-10-16(22)11-8-15)21(26)23-18-12-9-14-5-3-4-6-17(14)18/h3-8,10-11,13,18-19H,9,12H2,1-2H3,(H,23,26)(H,24,25)/t18-,19-/m1/s1. The van der Waals surface area contributed by atoms with Crippen molar-refractivity contribution in [3.05, 3.63) is 70.2 Å². The minimum Gasteiger partial charge on any atom is -0.347 e. The number of fused-ring (bicyclic) bond motifs is 1. The molecule has 0 radical (unpaired) electrons. The van der Waals surface area contributed by atoms with Crippen molar-refractivity contribution >= 4 is 23.4 Å². The lowest BCUT2D eigenvalue weighted by Crippen LogP contribution is -2.50. The van der Waals surface area contributed by atoms with Crippen LogP contribution in [0.5, 0.6) is 0 Å². The molecule has 2 atom stereocenters. The molecule has 0 fully saturated rings. The topological polar surface area (TPSA) is 58.2 Å². The fraction of sp³-hybridized carbons (Fsp3) is 0.333. The third-order valence-electron chi connectivity index (χ3n) is 4.79. The van der Waals surface area contributed by atoms with Gasteiger partial charge in [-0.25, -0.2) is 0 Å². The van der Waals surface area contributed by atoms with E-state index in [1.165, 1.54) is 11.1 Å². The van der Waals surface area contributed by atoms with E-state index in [1.54, 1.807) is 24.3 Å². The Morgan fingerprint density at radius 2 is 1.77 bits per heavy atom. The highest BCUT2D eigenvalue weighted by Gasteiger charge is 2.29. The average molecular weight is 371 g/mol. The van der Waals surface area contributed by atoms with Gasteiger partial charge in [-0.05, 0) is 54.2 Å². The van der Waals surface area contributed by atoms with Crippen LogP contribution in [0.4, 0.5) is 0 Å². The van der Waals surface area contributed by atoms with Gasteiger partial charge in [0.15, 0.2) is 0 Å². The maximum Gasteiger partial charge on any atom is 0.251 e. The highest BCUT2D eigenvalue weighted by atomic mass is 35.5. The summed E-state index contributed by atoms with van der Waals surface area (Å²) in [4.78, 5) is 25.3. The highest BCUT2D eigenvalue weighted by Crippen LogP contribution is 2.30. The van der Waals surface area contributed by atoms with Crippen molar-refractivity contribution in [1.29, 1.82) is 0 Å². The quantitative estimate of drug-likeness (QED) is 0.838. The Labute approximate surface area is 158 Å². The monoisotopic (exact) mass is 370 g/mol. The van der Waals surface area contributed by atoms with Crippen molar-refractivity contribution in [2.75, 3.05) is 0 Å². The van der Waals surface area contributed by atoms with Crippen molar-refractivity contribution in [2.24, 2.45) is 5.92 Å². The summed E-state index contributed by atoms with van der Waals surface area (Å²) in [6.07, 6.45) is 1.85. The molecule has 0 saturated heterocycles. The summed E-state index contributed by atoms with van der Waals surface area (Å²) in [5.41, 5.74) is 2.94. The van der Waals surface area contributed by atoms with Crippen LogP contribution in [-0.4, -0.2) is 17.9 Å². The van der Waals surface area contributed by atoms with Gasteiger partial charge in [-0.2, -0.15) is 0 Å². The minimum atomic E-state index is -0.592. The Morgan fingerprint density at radius 3 is 2.46 bits per heavy atom. The molecule has 0 saturated carbocycles. The number of rotatable bonds is 5. The van der Waals surface area contributed by atoms with Crippen LogP contribution in [-0.2, 0) is 11.2 Å². The maximum atomic E-state index is 12.8. The second kappa shape index (κ2) is 7.92. The Bertz CT molecular complexity index is 802. The third kappa shape index (κ3) is 4.07. The fourth-order valence-electron chi connectivity index (χ4n) is 3.33. The van der Waals surface area contributed by atoms with Crippen LogP contribution in [0.25, 0.3) is 0 Å². The van der Waals surface area contributed by atoms with Gasteiger partial charge in [-0.15, -0.1) is 0 Å². The average Bonchev–Trinajstić information content (AvgIpc) is 3.02. The van der Waals surface area contributed by atoms with Crippen LogP contribution in [0.3, 0.4) is 0 Å². The zero-order chi connectivity index (χ0) is 18.7. The molecular formula is C21H23ClN2O2. The summed E-state index contributed by atoms with van der Waals surface area (Å²) in [6.45, 7) is 3.85. The van der Waals surface area contributed by atoms with Crippen molar-refractivity contribution in [3.63, 3.8) is 0 Å². The molecule has 2 aromatic rings. The largest absolute Gasteiger partial charge is 0.347 e. The van der Waals surface area contributed by atoms with Gasteiger partial charge < -0.3 is 10.6 Å². The molecule has 0 heterocycles. The second-order valence-electron chi connectivity index (χ2n) is 7.00. The van der Waals surface area contributed by atoms with Gasteiger partial charge in [-0.1, -0.05) is 49.7 Å². The van der Waals surface area contributed by atoms with E-state index in [4.69, 9.17) is 11.6 Å². The molecule has 4 nitrogen and oxygen atoms in total. The van der Waals surface area contributed by atoms with Crippen molar-refractivity contribution in [2.45, 2.75) is 38.8 Å². The molecule has 0 unspecified atom stereocenters. The van der Waals surface area contributed by atoms with Crippen LogP contribution >= 0.6 is 11.6 Å². The molecule has 136 valence electrons. The third-order valence-corrected chi connectivity index (χ3v) is 5.04. The Kier molecular flexibility index (Phi) is 5.62. The first-order valence-electron chi connectivity index (χ1n) is 8.90. The van der Waals surface area contributed by atoms with E-state index in [9.17, 15) is 9.59 Å². The molecule has 3 rings (SSSR count). The molecule has 0 aromatic heterocycles. The molecule has 1 aliphatic rings. The van der Waals surface area contributed by atoms with E-state index in [2.05, 4.69) is 22.8 Å². The zero-order valence-electron chi connectivity index (χ0n) is 15.0. The van der Waals surface area contributed by atoms with E-state index in [0.717, 1.165) is 12.8 Å². The zero-order valence-corrected chi connectivity index (χ0v) is 15.7. The number of hydrogen-bond donors (Lipinski definition) is 2. The predicted molar refractivity (Wildman–Crippen MR) is 103 cm³/mol. The molecule has 1 aliphatic carbocycles. The summed E-state index contributed by atoms with van der Waals surface area (Å²) in [5.74, 6) is -0.450. The van der Waals surface area contributed by atoms with Gasteiger partial charge >= 0.3 is 0 Å². The van der Waals surface area contributed by atoms with Gasteiger partial charge in [0.2, 0.25) is 5.91 Å². The number of aryl methyl sites for hydroxylation is 1. The molecule has 26 heavy (non-hydrogen) atoms. The van der Waals surface area contributed by atoms with Gasteiger partial charge in [0.25, 0.3) is 5.91 Å². The van der Waals surface area contributed by atoms with E-state index < -0.39 is 6.04 Å². The summed E-state index contributed by atoms with van der Waals surface area (Å²) in [5, 5.41) is 6.53. The lowest BCUT2D eigenvalue weighted by atomic mass is 10.0. The molecule has 2 amide bonds. The van der Waals surface area contributed by atoms with Gasteiger partial charge in [0.05, 0.1) is 6.04 Å². The van der Waals surface area contributed by atoms with Gasteiger partial charge in [0, 0.05) is 10.6 Å². The van der Waals surface area contributed by atoms with Gasteiger partial charge in [0.1, 0.15) is 6.04 Å². The number of hydrogen-bond acceptors (Lipinski definition) is 2. The SMILES string of the molecule is CC(C)[C@@H](NC(=O)c1ccc(Cl)cc1)C(=O)N[C@@H]1CCc2ccccc21. The first-order valence-corrected chi connectivity index (χ1v) is 9.28. The summed E-state index contributed by atoms with van der Waals surface area (Å²) >= 11 is 5.86. The number of nitrogens with one attached hydrogen (secondary N) is 2. The van der Waals surface area contributed by atoms with Crippen LogP contribution in [0.15, 0.2) is 48.5 Å². The number of benzene rings is 2. The van der Waals surface area contributed by atoms with Gasteiger partial charge in [-0.3, -0.25) is 9.59 Å². The Hall–Kier alpha value is -2.33. The summed E-state index contributed by atoms with van der Waals surface area (Å²) < 4.78 is 0. The Morgan fingerprint density at radius 1 is 1.08 bits per heavy atom. The lowest BCUT2D eigenvalue weighted by molar-refractivity contribution is -0.124. The van der Waals surface area contributed by atoms with E-state index in [-0.39, 0.29) is 23.8 Å². The van der Waals surface area contributed by atoms with Crippen molar-refractivity contribution < 1.29 is 9.59 Å². The smallest absolute Gasteiger partial charge is 0.251 e. The second-order valence-corrected chi connectivity index (χ2v) is 7.44. The van der Waals surface area contributed by atoms with Crippen molar-refractivity contribution in [3.8, 4) is 0 Å². The molecule has 2 aromatic carbocycles. The van der Waals surface area contributed by atoms with E-state index in [0.29, 0.717) is 10.6 Å². The predicted octanol–water partition coefficient (Wildman–Crippen LogP) is 3.90. The van der Waals surface area contributed by atoms with Crippen LogP contribution in [0, 0.1) is 5.92 Å². The van der Waals surface area contributed by atoms with E-state index in [1.807, 2.05) is 26.0 Å². The highest BCUT2D eigenvalue weighted by molar-refractivity contribution is 6.30. The van der Waals surface area contributed by atoms with Crippen LogP contribution < -0.4 is 10.6 Å². The first kappa shape index (κ1) is 18.5. The summed E-state index contributed by atoms with van der Waals surface area (Å²) in [6, 6.07) is 14.2. The molecule has 0 bridgehead atoms. The summed E-state index contributed by atoms with van der Waals surface area (Å²) in [7, 11) is 0. The molecule has 0 aliphatic heterocycles. The van der Waals surface area contributed by atoms with E-state index >= 15 is 0 Å². The van der Waals surface area contributed by atoms with Crippen molar-refractivity contribution in [1.82, 2.24) is 10.6 Å². The number of carbonyl (C=O) groups excluding carboxylic acids is 2. The number of amides is 2. The Balaban J connectivity index is 1.69. The molecule has 0 spiro atoms.